The molecular weight excluding hydrogens is 412 g/mol. The fourth-order valence-corrected chi connectivity index (χ4v) is 1.99. The SMILES string of the molecule is O=C(Nc1cc(C(F)(F)F)ncc1I)OCc1ccccc1. The third-order valence-corrected chi connectivity index (χ3v) is 3.45. The summed E-state index contributed by atoms with van der Waals surface area (Å²) in [4.78, 5) is 14.9. The van der Waals surface area contributed by atoms with E-state index in [1.807, 2.05) is 6.07 Å². The number of carbonyl (C=O) groups is 1. The Morgan fingerprint density at radius 2 is 1.95 bits per heavy atom. The highest BCUT2D eigenvalue weighted by molar-refractivity contribution is 14.1. The van der Waals surface area contributed by atoms with E-state index in [9.17, 15) is 18.0 Å². The first kappa shape index (κ1) is 16.5. The van der Waals surface area contributed by atoms with E-state index < -0.39 is 18.0 Å². The van der Waals surface area contributed by atoms with E-state index in [2.05, 4.69) is 10.3 Å². The molecule has 0 fully saturated rings. The molecule has 0 spiro atoms. The first-order valence-corrected chi connectivity index (χ1v) is 7.14. The summed E-state index contributed by atoms with van der Waals surface area (Å²) in [7, 11) is 0. The maximum atomic E-state index is 12.6. The fourth-order valence-electron chi connectivity index (χ4n) is 1.56. The number of benzene rings is 1. The Bertz CT molecular complexity index is 663. The van der Waals surface area contributed by atoms with Crippen LogP contribution in [0.5, 0.6) is 0 Å². The molecule has 0 aliphatic carbocycles. The van der Waals surface area contributed by atoms with Crippen LogP contribution in [-0.4, -0.2) is 11.1 Å². The van der Waals surface area contributed by atoms with Gasteiger partial charge in [0.15, 0.2) is 0 Å². The zero-order valence-electron chi connectivity index (χ0n) is 11.0. The van der Waals surface area contributed by atoms with Crippen LogP contribution in [0.25, 0.3) is 0 Å². The second-order valence-electron chi connectivity index (χ2n) is 4.23. The lowest BCUT2D eigenvalue weighted by atomic mass is 10.2. The molecule has 2 aromatic rings. The molecule has 0 radical (unpaired) electrons. The van der Waals surface area contributed by atoms with Crippen molar-refractivity contribution >= 4 is 34.4 Å². The molecule has 1 amide bonds. The molecule has 1 aromatic heterocycles. The van der Waals surface area contributed by atoms with Gasteiger partial charge in [0.1, 0.15) is 12.3 Å². The lowest BCUT2D eigenvalue weighted by Gasteiger charge is -2.11. The van der Waals surface area contributed by atoms with E-state index in [1.54, 1.807) is 46.9 Å². The van der Waals surface area contributed by atoms with Crippen LogP contribution in [0.15, 0.2) is 42.6 Å². The summed E-state index contributed by atoms with van der Waals surface area (Å²) in [6.07, 6.45) is -4.37. The van der Waals surface area contributed by atoms with Crippen molar-refractivity contribution in [2.24, 2.45) is 0 Å². The minimum atomic E-state index is -4.57. The third-order valence-electron chi connectivity index (χ3n) is 2.60. The number of alkyl halides is 3. The van der Waals surface area contributed by atoms with Crippen molar-refractivity contribution in [1.29, 1.82) is 0 Å². The van der Waals surface area contributed by atoms with Crippen LogP contribution in [0.2, 0.25) is 0 Å². The van der Waals surface area contributed by atoms with Gasteiger partial charge in [-0.05, 0) is 34.2 Å². The summed E-state index contributed by atoms with van der Waals surface area (Å²) in [6, 6.07) is 9.71. The minimum Gasteiger partial charge on any atom is -0.444 e. The maximum absolute atomic E-state index is 12.6. The molecule has 0 atom stereocenters. The van der Waals surface area contributed by atoms with Gasteiger partial charge in [-0.1, -0.05) is 30.3 Å². The molecule has 0 aliphatic rings. The van der Waals surface area contributed by atoms with Crippen molar-refractivity contribution in [1.82, 2.24) is 4.98 Å². The van der Waals surface area contributed by atoms with Gasteiger partial charge in [0.25, 0.3) is 0 Å². The van der Waals surface area contributed by atoms with Gasteiger partial charge in [-0.2, -0.15) is 13.2 Å². The summed E-state index contributed by atoms with van der Waals surface area (Å²) in [5.41, 5.74) is -0.301. The topological polar surface area (TPSA) is 51.2 Å². The first-order chi connectivity index (χ1) is 10.4. The van der Waals surface area contributed by atoms with Crippen molar-refractivity contribution in [2.45, 2.75) is 12.8 Å². The molecule has 8 heteroatoms. The summed E-state index contributed by atoms with van der Waals surface area (Å²) >= 11 is 1.78. The number of carbonyl (C=O) groups excluding carboxylic acids is 1. The molecule has 1 N–H and O–H groups in total. The van der Waals surface area contributed by atoms with Gasteiger partial charge in [0, 0.05) is 6.20 Å². The molecular formula is C14H10F3IN2O2. The number of nitrogens with one attached hydrogen (secondary N) is 1. The lowest BCUT2D eigenvalue weighted by molar-refractivity contribution is -0.141. The zero-order chi connectivity index (χ0) is 16.2. The zero-order valence-corrected chi connectivity index (χ0v) is 13.2. The van der Waals surface area contributed by atoms with Crippen LogP contribution in [0, 0.1) is 3.57 Å². The molecule has 0 aliphatic heterocycles. The summed E-state index contributed by atoms with van der Waals surface area (Å²) < 4.78 is 43.1. The molecule has 0 saturated heterocycles. The maximum Gasteiger partial charge on any atom is 0.433 e. The van der Waals surface area contributed by atoms with E-state index in [-0.39, 0.29) is 12.3 Å². The standard InChI is InChI=1S/C14H10F3IN2O2/c15-14(16,17)12-6-11(10(18)7-19-12)20-13(21)22-8-9-4-2-1-3-5-9/h1-7H,8H2,(H,19,20,21). The second kappa shape index (κ2) is 6.95. The quantitative estimate of drug-likeness (QED) is 0.744. The number of hydrogen-bond donors (Lipinski definition) is 1. The number of aromatic nitrogens is 1. The van der Waals surface area contributed by atoms with E-state index >= 15 is 0 Å². The molecule has 0 unspecified atom stereocenters. The number of rotatable bonds is 3. The van der Waals surface area contributed by atoms with Crippen molar-refractivity contribution in [3.05, 3.63) is 57.4 Å². The Hall–Kier alpha value is -1.84. The largest absolute Gasteiger partial charge is 0.444 e. The van der Waals surface area contributed by atoms with Crippen LogP contribution in [-0.2, 0) is 17.5 Å². The normalized spacial score (nSPS) is 11.1. The van der Waals surface area contributed by atoms with Gasteiger partial charge >= 0.3 is 12.3 Å². The predicted molar refractivity (Wildman–Crippen MR) is 82.2 cm³/mol. The van der Waals surface area contributed by atoms with Crippen LogP contribution in [0.4, 0.5) is 23.7 Å². The van der Waals surface area contributed by atoms with Gasteiger partial charge in [0.05, 0.1) is 9.26 Å². The number of pyridine rings is 1. The van der Waals surface area contributed by atoms with Crippen molar-refractivity contribution in [2.75, 3.05) is 5.32 Å². The monoisotopic (exact) mass is 422 g/mol. The van der Waals surface area contributed by atoms with E-state index in [4.69, 9.17) is 4.74 Å². The molecule has 22 heavy (non-hydrogen) atoms. The molecule has 4 nitrogen and oxygen atoms in total. The minimum absolute atomic E-state index is 0.000914. The Kier molecular flexibility index (Phi) is 5.22. The number of halogens is 4. The molecule has 1 heterocycles. The highest BCUT2D eigenvalue weighted by Gasteiger charge is 2.33. The number of amides is 1. The van der Waals surface area contributed by atoms with Crippen molar-refractivity contribution < 1.29 is 22.7 Å². The lowest BCUT2D eigenvalue weighted by Crippen LogP contribution is -2.16. The number of ether oxygens (including phenoxy) is 1. The molecule has 116 valence electrons. The second-order valence-corrected chi connectivity index (χ2v) is 5.40. The van der Waals surface area contributed by atoms with Gasteiger partial charge in [-0.15, -0.1) is 0 Å². The number of hydrogen-bond acceptors (Lipinski definition) is 3. The van der Waals surface area contributed by atoms with Crippen molar-refractivity contribution in [3.63, 3.8) is 0 Å². The van der Waals surface area contributed by atoms with E-state index in [1.165, 1.54) is 0 Å². The average Bonchev–Trinajstić information content (AvgIpc) is 2.47. The summed E-state index contributed by atoms with van der Waals surface area (Å²) in [5, 5.41) is 2.28. The third kappa shape index (κ3) is 4.58. The average molecular weight is 422 g/mol. The number of anilines is 1. The molecule has 0 saturated carbocycles. The predicted octanol–water partition coefficient (Wildman–Crippen LogP) is 4.45. The summed E-state index contributed by atoms with van der Waals surface area (Å²) in [5.74, 6) is 0. The highest BCUT2D eigenvalue weighted by atomic mass is 127. The van der Waals surface area contributed by atoms with Gasteiger partial charge in [-0.3, -0.25) is 10.3 Å². The van der Waals surface area contributed by atoms with Crippen molar-refractivity contribution in [3.8, 4) is 0 Å². The molecule has 0 bridgehead atoms. The Labute approximate surface area is 137 Å². The fraction of sp³-hybridized carbons (Fsp3) is 0.143. The Balaban J connectivity index is 2.02. The van der Waals surface area contributed by atoms with Crippen LogP contribution < -0.4 is 5.32 Å². The smallest absolute Gasteiger partial charge is 0.433 e. The van der Waals surface area contributed by atoms with E-state index in [0.717, 1.165) is 17.8 Å². The van der Waals surface area contributed by atoms with Crippen LogP contribution in [0.1, 0.15) is 11.3 Å². The first-order valence-electron chi connectivity index (χ1n) is 6.06. The van der Waals surface area contributed by atoms with Gasteiger partial charge in [-0.25, -0.2) is 4.79 Å². The molecule has 2 rings (SSSR count). The van der Waals surface area contributed by atoms with Gasteiger partial charge in [0.2, 0.25) is 0 Å². The Morgan fingerprint density at radius 3 is 2.59 bits per heavy atom. The molecule has 1 aromatic carbocycles. The van der Waals surface area contributed by atoms with Crippen LogP contribution >= 0.6 is 22.6 Å². The van der Waals surface area contributed by atoms with E-state index in [0.29, 0.717) is 3.57 Å². The summed E-state index contributed by atoms with van der Waals surface area (Å²) in [6.45, 7) is 0.0282. The Morgan fingerprint density at radius 1 is 1.27 bits per heavy atom. The number of nitrogens with zero attached hydrogens (tertiary/aromatic N) is 1. The van der Waals surface area contributed by atoms with Gasteiger partial charge < -0.3 is 4.74 Å². The van der Waals surface area contributed by atoms with Crippen LogP contribution in [0.3, 0.4) is 0 Å². The highest BCUT2D eigenvalue weighted by Crippen LogP contribution is 2.30.